The predicted octanol–water partition coefficient (Wildman–Crippen LogP) is 3.15. The van der Waals surface area contributed by atoms with Crippen LogP contribution in [0.2, 0.25) is 0 Å². The maximum Gasteiger partial charge on any atom is 0.239 e. The number of hydrogen-bond donors (Lipinski definition) is 1. The first kappa shape index (κ1) is 20.6. The van der Waals surface area contributed by atoms with Crippen LogP contribution in [-0.2, 0) is 9.59 Å². The molecule has 1 saturated heterocycles. The lowest BCUT2D eigenvalue weighted by molar-refractivity contribution is -0.146. The third kappa shape index (κ3) is 4.50. The third-order valence-electron chi connectivity index (χ3n) is 5.18. The van der Waals surface area contributed by atoms with Crippen LogP contribution in [-0.4, -0.2) is 50.0 Å². The first-order valence-electron chi connectivity index (χ1n) is 9.57. The van der Waals surface area contributed by atoms with Gasteiger partial charge in [-0.2, -0.15) is 0 Å². The Hall–Kier alpha value is -3.09. The number of carbonyl (C=O) groups excluding carboxylic acids is 2. The predicted molar refractivity (Wildman–Crippen MR) is 111 cm³/mol. The lowest BCUT2D eigenvalue weighted by Gasteiger charge is -2.39. The van der Waals surface area contributed by atoms with Gasteiger partial charge < -0.3 is 19.9 Å². The van der Waals surface area contributed by atoms with Crippen molar-refractivity contribution in [3.63, 3.8) is 0 Å². The van der Waals surface area contributed by atoms with Gasteiger partial charge in [0.1, 0.15) is 17.0 Å². The molecule has 0 aromatic heterocycles. The minimum Gasteiger partial charge on any atom is -0.495 e. The van der Waals surface area contributed by atoms with Gasteiger partial charge in [-0.1, -0.05) is 18.2 Å². The highest BCUT2D eigenvalue weighted by molar-refractivity contribution is 6.09. The Morgan fingerprint density at radius 3 is 2.38 bits per heavy atom. The molecule has 0 aliphatic carbocycles. The monoisotopic (exact) mass is 399 g/mol. The molecule has 0 bridgehead atoms. The van der Waals surface area contributed by atoms with Gasteiger partial charge in [0, 0.05) is 31.9 Å². The minimum absolute atomic E-state index is 0.244. The average molecular weight is 399 g/mol. The molecule has 0 atom stereocenters. The SMILES string of the molecule is COc1ccccc1N1CCN(C(=O)C(C)(C)C(=O)Nc2cccc(F)c2)CC1. The minimum atomic E-state index is -1.26. The van der Waals surface area contributed by atoms with Gasteiger partial charge >= 0.3 is 0 Å². The van der Waals surface area contributed by atoms with Crippen molar-refractivity contribution in [1.29, 1.82) is 0 Å². The molecule has 0 radical (unpaired) electrons. The first-order chi connectivity index (χ1) is 13.8. The van der Waals surface area contributed by atoms with Crippen LogP contribution in [0.4, 0.5) is 15.8 Å². The Bertz CT molecular complexity index is 892. The van der Waals surface area contributed by atoms with E-state index in [2.05, 4.69) is 10.2 Å². The highest BCUT2D eigenvalue weighted by Crippen LogP contribution is 2.29. The molecule has 1 aliphatic rings. The van der Waals surface area contributed by atoms with Crippen LogP contribution in [0.3, 0.4) is 0 Å². The number of carbonyl (C=O) groups is 2. The Morgan fingerprint density at radius 2 is 1.72 bits per heavy atom. The third-order valence-corrected chi connectivity index (χ3v) is 5.18. The fraction of sp³-hybridized carbons (Fsp3) is 0.364. The number of rotatable bonds is 5. The highest BCUT2D eigenvalue weighted by atomic mass is 19.1. The lowest BCUT2D eigenvalue weighted by Crippen LogP contribution is -2.54. The first-order valence-corrected chi connectivity index (χ1v) is 9.57. The molecule has 7 heteroatoms. The quantitative estimate of drug-likeness (QED) is 0.785. The van der Waals surface area contributed by atoms with Crippen molar-refractivity contribution >= 4 is 23.2 Å². The summed E-state index contributed by atoms with van der Waals surface area (Å²) in [7, 11) is 1.64. The van der Waals surface area contributed by atoms with E-state index >= 15 is 0 Å². The van der Waals surface area contributed by atoms with Crippen LogP contribution >= 0.6 is 0 Å². The maximum atomic E-state index is 13.4. The van der Waals surface area contributed by atoms with Crippen molar-refractivity contribution in [2.24, 2.45) is 5.41 Å². The van der Waals surface area contributed by atoms with E-state index in [1.807, 2.05) is 24.3 Å². The van der Waals surface area contributed by atoms with E-state index in [1.54, 1.807) is 31.9 Å². The van der Waals surface area contributed by atoms with Crippen LogP contribution < -0.4 is 15.0 Å². The zero-order valence-corrected chi connectivity index (χ0v) is 16.9. The van der Waals surface area contributed by atoms with Crippen molar-refractivity contribution in [3.05, 3.63) is 54.3 Å². The molecule has 2 aromatic rings. The number of benzene rings is 2. The van der Waals surface area contributed by atoms with Crippen LogP contribution in [0.1, 0.15) is 13.8 Å². The molecular weight excluding hydrogens is 373 g/mol. The molecule has 1 fully saturated rings. The average Bonchev–Trinajstić information content (AvgIpc) is 2.73. The summed E-state index contributed by atoms with van der Waals surface area (Å²) in [5.74, 6) is -0.354. The normalized spacial score (nSPS) is 14.5. The number of amides is 2. The Labute approximate surface area is 170 Å². The molecule has 6 nitrogen and oxygen atoms in total. The van der Waals surface area contributed by atoms with Gasteiger partial charge in [0.2, 0.25) is 11.8 Å². The summed E-state index contributed by atoms with van der Waals surface area (Å²) in [5, 5.41) is 2.64. The summed E-state index contributed by atoms with van der Waals surface area (Å²) in [5.41, 5.74) is 0.0564. The number of nitrogens with one attached hydrogen (secondary N) is 1. The van der Waals surface area contributed by atoms with Gasteiger partial charge in [-0.3, -0.25) is 9.59 Å². The van der Waals surface area contributed by atoms with Crippen LogP contribution in [0.5, 0.6) is 5.75 Å². The molecule has 154 valence electrons. The van der Waals surface area contributed by atoms with Gasteiger partial charge in [-0.15, -0.1) is 0 Å². The molecule has 1 aliphatic heterocycles. The fourth-order valence-electron chi connectivity index (χ4n) is 3.39. The number of piperazine rings is 1. The number of nitrogens with zero attached hydrogens (tertiary/aromatic N) is 2. The van der Waals surface area contributed by atoms with Crippen molar-refractivity contribution in [2.45, 2.75) is 13.8 Å². The smallest absolute Gasteiger partial charge is 0.239 e. The zero-order valence-electron chi connectivity index (χ0n) is 16.9. The summed E-state index contributed by atoms with van der Waals surface area (Å²) in [6.07, 6.45) is 0. The van der Waals surface area contributed by atoms with Gasteiger partial charge in [-0.05, 0) is 44.2 Å². The van der Waals surface area contributed by atoms with E-state index in [-0.39, 0.29) is 5.91 Å². The second-order valence-electron chi connectivity index (χ2n) is 7.54. The molecule has 3 rings (SSSR count). The van der Waals surface area contributed by atoms with E-state index in [0.29, 0.717) is 31.9 Å². The molecule has 0 unspecified atom stereocenters. The van der Waals surface area contributed by atoms with Gasteiger partial charge in [0.25, 0.3) is 0 Å². The second kappa shape index (κ2) is 8.51. The molecular formula is C22H26FN3O3. The Morgan fingerprint density at radius 1 is 1.03 bits per heavy atom. The molecule has 1 N–H and O–H groups in total. The van der Waals surface area contributed by atoms with E-state index in [4.69, 9.17) is 4.74 Å². The molecule has 0 spiro atoms. The molecule has 1 heterocycles. The number of ether oxygens (including phenoxy) is 1. The fourth-order valence-corrected chi connectivity index (χ4v) is 3.39. The van der Waals surface area contributed by atoms with Crippen molar-refractivity contribution in [1.82, 2.24) is 4.90 Å². The highest BCUT2D eigenvalue weighted by Gasteiger charge is 2.40. The van der Waals surface area contributed by atoms with Gasteiger partial charge in [-0.25, -0.2) is 4.39 Å². The maximum absolute atomic E-state index is 13.4. The topological polar surface area (TPSA) is 61.9 Å². The second-order valence-corrected chi connectivity index (χ2v) is 7.54. The van der Waals surface area contributed by atoms with E-state index in [9.17, 15) is 14.0 Å². The van der Waals surface area contributed by atoms with E-state index < -0.39 is 17.1 Å². The van der Waals surface area contributed by atoms with Crippen molar-refractivity contribution in [2.75, 3.05) is 43.5 Å². The number of methoxy groups -OCH3 is 1. The number of para-hydroxylation sites is 2. The summed E-state index contributed by atoms with van der Waals surface area (Å²) in [4.78, 5) is 29.6. The molecule has 29 heavy (non-hydrogen) atoms. The Kier molecular flexibility index (Phi) is 6.06. The van der Waals surface area contributed by atoms with Gasteiger partial charge in [0.05, 0.1) is 12.8 Å². The molecule has 2 amide bonds. The van der Waals surface area contributed by atoms with Crippen molar-refractivity contribution < 1.29 is 18.7 Å². The summed E-state index contributed by atoms with van der Waals surface area (Å²) in [6, 6.07) is 13.4. The number of hydrogen-bond acceptors (Lipinski definition) is 4. The van der Waals surface area contributed by atoms with E-state index in [1.165, 1.54) is 18.2 Å². The van der Waals surface area contributed by atoms with Crippen LogP contribution in [0, 0.1) is 11.2 Å². The standard InChI is InChI=1S/C22H26FN3O3/c1-22(2,20(27)24-17-8-6-7-16(23)15-17)21(28)26-13-11-25(12-14-26)18-9-4-5-10-19(18)29-3/h4-10,15H,11-14H2,1-3H3,(H,24,27). The molecule has 2 aromatic carbocycles. The summed E-state index contributed by atoms with van der Waals surface area (Å²) < 4.78 is 18.8. The summed E-state index contributed by atoms with van der Waals surface area (Å²) >= 11 is 0. The van der Waals surface area contributed by atoms with E-state index in [0.717, 1.165) is 11.4 Å². The molecule has 0 saturated carbocycles. The number of halogens is 1. The Balaban J connectivity index is 1.63. The number of anilines is 2. The zero-order chi connectivity index (χ0) is 21.0. The lowest BCUT2D eigenvalue weighted by atomic mass is 9.89. The van der Waals surface area contributed by atoms with Crippen molar-refractivity contribution in [3.8, 4) is 5.75 Å². The largest absolute Gasteiger partial charge is 0.495 e. The van der Waals surface area contributed by atoms with Crippen LogP contribution in [0.15, 0.2) is 48.5 Å². The van der Waals surface area contributed by atoms with Gasteiger partial charge in [0.15, 0.2) is 0 Å². The summed E-state index contributed by atoms with van der Waals surface area (Å²) in [6.45, 7) is 5.50. The van der Waals surface area contributed by atoms with Crippen LogP contribution in [0.25, 0.3) is 0 Å².